The summed E-state index contributed by atoms with van der Waals surface area (Å²) in [5.74, 6) is -0.405. The fourth-order valence-electron chi connectivity index (χ4n) is 3.81. The molecule has 0 spiro atoms. The average Bonchev–Trinajstić information content (AvgIpc) is 3.09. The second kappa shape index (κ2) is 9.07. The highest BCUT2D eigenvalue weighted by Crippen LogP contribution is 2.31. The van der Waals surface area contributed by atoms with Crippen LogP contribution < -0.4 is 19.8 Å². The van der Waals surface area contributed by atoms with E-state index in [1.807, 2.05) is 43.3 Å². The summed E-state index contributed by atoms with van der Waals surface area (Å²) >= 11 is 1.23. The van der Waals surface area contributed by atoms with E-state index in [-0.39, 0.29) is 17.9 Å². The number of anilines is 1. The number of aromatic nitrogens is 1. The Balaban J connectivity index is 1.95. The molecule has 3 aromatic rings. The monoisotopic (exact) mass is 463 g/mol. The van der Waals surface area contributed by atoms with Crippen LogP contribution in [0.2, 0.25) is 0 Å². The van der Waals surface area contributed by atoms with Gasteiger partial charge in [0, 0.05) is 25.3 Å². The van der Waals surface area contributed by atoms with Crippen LogP contribution in [-0.4, -0.2) is 36.3 Å². The molecule has 4 rings (SSSR count). The predicted octanol–water partition coefficient (Wildman–Crippen LogP) is 2.57. The average molecular weight is 464 g/mol. The minimum absolute atomic E-state index is 0.0857. The molecule has 2 heterocycles. The summed E-state index contributed by atoms with van der Waals surface area (Å²) in [5, 5.41) is 10.1. The highest BCUT2D eigenvalue weighted by Gasteiger charge is 2.33. The van der Waals surface area contributed by atoms with Crippen LogP contribution in [0.5, 0.6) is 5.75 Å². The fourth-order valence-corrected chi connectivity index (χ4v) is 4.85. The molecule has 0 saturated carbocycles. The van der Waals surface area contributed by atoms with Gasteiger partial charge in [-0.05, 0) is 43.7 Å². The Labute approximate surface area is 195 Å². The van der Waals surface area contributed by atoms with Gasteiger partial charge in [-0.1, -0.05) is 41.7 Å². The molecule has 0 saturated heterocycles. The number of rotatable bonds is 5. The molecular formula is C25H25N3O4S. The molecule has 1 atom stereocenters. The van der Waals surface area contributed by atoms with Crippen molar-refractivity contribution in [1.29, 1.82) is 0 Å². The van der Waals surface area contributed by atoms with Crippen molar-refractivity contribution in [2.75, 3.05) is 25.6 Å². The van der Waals surface area contributed by atoms with Crippen molar-refractivity contribution in [2.24, 2.45) is 4.99 Å². The first-order valence-electron chi connectivity index (χ1n) is 10.6. The van der Waals surface area contributed by atoms with Gasteiger partial charge in [-0.25, -0.2) is 9.79 Å². The van der Waals surface area contributed by atoms with Crippen molar-refractivity contribution in [2.45, 2.75) is 19.9 Å². The van der Waals surface area contributed by atoms with Gasteiger partial charge in [-0.15, -0.1) is 0 Å². The van der Waals surface area contributed by atoms with Crippen molar-refractivity contribution in [3.8, 4) is 5.75 Å². The number of aromatic hydroxyl groups is 1. The molecule has 2 aromatic carbocycles. The summed E-state index contributed by atoms with van der Waals surface area (Å²) in [4.78, 5) is 33.5. The number of benzene rings is 2. The van der Waals surface area contributed by atoms with Gasteiger partial charge >= 0.3 is 5.97 Å². The maximum absolute atomic E-state index is 13.5. The Bertz CT molecular complexity index is 1420. The van der Waals surface area contributed by atoms with Crippen LogP contribution in [0.15, 0.2) is 69.6 Å². The lowest BCUT2D eigenvalue weighted by Gasteiger charge is -2.25. The lowest BCUT2D eigenvalue weighted by atomic mass is 9.95. The Morgan fingerprint density at radius 3 is 2.55 bits per heavy atom. The molecule has 0 aliphatic carbocycles. The van der Waals surface area contributed by atoms with E-state index in [4.69, 9.17) is 4.74 Å². The number of phenolic OH excluding ortho intramolecular Hbond substituents is 1. The lowest BCUT2D eigenvalue weighted by molar-refractivity contribution is -0.139. The Morgan fingerprint density at radius 1 is 1.21 bits per heavy atom. The maximum atomic E-state index is 13.5. The van der Waals surface area contributed by atoms with E-state index >= 15 is 0 Å². The Morgan fingerprint density at radius 2 is 1.91 bits per heavy atom. The number of hydrogen-bond acceptors (Lipinski definition) is 7. The zero-order valence-corrected chi connectivity index (χ0v) is 19.7. The number of allylic oxidation sites excluding steroid dienone is 1. The number of para-hydroxylation sites is 1. The summed E-state index contributed by atoms with van der Waals surface area (Å²) in [6, 6.07) is 13.9. The van der Waals surface area contributed by atoms with Crippen LogP contribution in [0.4, 0.5) is 5.69 Å². The predicted molar refractivity (Wildman–Crippen MR) is 129 cm³/mol. The van der Waals surface area contributed by atoms with Crippen LogP contribution in [-0.2, 0) is 9.53 Å². The van der Waals surface area contributed by atoms with Crippen molar-refractivity contribution >= 4 is 29.1 Å². The number of carbonyl (C=O) groups is 1. The lowest BCUT2D eigenvalue weighted by Crippen LogP contribution is -2.39. The molecule has 170 valence electrons. The standard InChI is InChI=1S/C25H25N3O4S/c1-5-32-24(31)21-15(2)26-25-28(22(21)16-10-12-18(13-11-16)27(3)4)23(30)20(33-25)14-17-8-6-7-9-19(17)29/h6-14,22,29H,5H2,1-4H3. The topological polar surface area (TPSA) is 84.1 Å². The van der Waals surface area contributed by atoms with Gasteiger partial charge in [0.2, 0.25) is 0 Å². The number of nitrogens with zero attached hydrogens (tertiary/aromatic N) is 3. The normalized spacial score (nSPS) is 15.8. The highest BCUT2D eigenvalue weighted by molar-refractivity contribution is 7.07. The largest absolute Gasteiger partial charge is 0.507 e. The van der Waals surface area contributed by atoms with Crippen LogP contribution >= 0.6 is 11.3 Å². The smallest absolute Gasteiger partial charge is 0.338 e. The zero-order chi connectivity index (χ0) is 23.7. The molecule has 8 heteroatoms. The fraction of sp³-hybridized carbons (Fsp3) is 0.240. The molecule has 0 fully saturated rings. The molecule has 0 bridgehead atoms. The maximum Gasteiger partial charge on any atom is 0.338 e. The van der Waals surface area contributed by atoms with E-state index in [0.29, 0.717) is 26.2 Å². The third-order valence-electron chi connectivity index (χ3n) is 5.47. The number of phenols is 1. The molecule has 0 amide bonds. The number of carbonyl (C=O) groups excluding carboxylic acids is 1. The summed E-state index contributed by atoms with van der Waals surface area (Å²) in [5.41, 5.74) is 2.91. The van der Waals surface area contributed by atoms with Gasteiger partial charge < -0.3 is 14.7 Å². The molecular weight excluding hydrogens is 438 g/mol. The van der Waals surface area contributed by atoms with Gasteiger partial charge in [-0.3, -0.25) is 9.36 Å². The van der Waals surface area contributed by atoms with E-state index in [1.54, 1.807) is 48.8 Å². The minimum atomic E-state index is -0.664. The minimum Gasteiger partial charge on any atom is -0.507 e. The third kappa shape index (κ3) is 4.21. The van der Waals surface area contributed by atoms with E-state index in [9.17, 15) is 14.7 Å². The first kappa shape index (κ1) is 22.5. The molecule has 1 aliphatic heterocycles. The molecule has 1 aliphatic rings. The molecule has 1 N–H and O–H groups in total. The van der Waals surface area contributed by atoms with Gasteiger partial charge in [0.05, 0.1) is 28.5 Å². The molecule has 33 heavy (non-hydrogen) atoms. The Hall–Kier alpha value is -3.65. The van der Waals surface area contributed by atoms with E-state index in [0.717, 1.165) is 11.3 Å². The van der Waals surface area contributed by atoms with E-state index in [2.05, 4.69) is 4.99 Å². The second-order valence-corrected chi connectivity index (χ2v) is 8.86. The van der Waals surface area contributed by atoms with Crippen LogP contribution in [0.3, 0.4) is 0 Å². The van der Waals surface area contributed by atoms with E-state index < -0.39 is 12.0 Å². The number of ether oxygens (including phenoxy) is 1. The molecule has 1 unspecified atom stereocenters. The van der Waals surface area contributed by atoms with Gasteiger partial charge in [0.1, 0.15) is 5.75 Å². The number of thiazole rings is 1. The SMILES string of the molecule is CCOC(=O)C1=C(C)N=c2sc(=Cc3ccccc3O)c(=O)n2C1c1ccc(N(C)C)cc1. The van der Waals surface area contributed by atoms with Crippen molar-refractivity contribution in [1.82, 2.24) is 4.57 Å². The molecule has 1 aromatic heterocycles. The first-order valence-corrected chi connectivity index (χ1v) is 11.4. The summed E-state index contributed by atoms with van der Waals surface area (Å²) in [6.45, 7) is 3.73. The van der Waals surface area contributed by atoms with Crippen LogP contribution in [0.1, 0.15) is 31.0 Å². The van der Waals surface area contributed by atoms with Crippen molar-refractivity contribution < 1.29 is 14.6 Å². The second-order valence-electron chi connectivity index (χ2n) is 7.85. The van der Waals surface area contributed by atoms with Gasteiger partial charge in [0.15, 0.2) is 4.80 Å². The van der Waals surface area contributed by atoms with Crippen molar-refractivity contribution in [3.63, 3.8) is 0 Å². The quantitative estimate of drug-likeness (QED) is 0.588. The van der Waals surface area contributed by atoms with Crippen LogP contribution in [0, 0.1) is 0 Å². The van der Waals surface area contributed by atoms with E-state index in [1.165, 1.54) is 11.3 Å². The highest BCUT2D eigenvalue weighted by atomic mass is 32.1. The van der Waals surface area contributed by atoms with Gasteiger partial charge in [-0.2, -0.15) is 0 Å². The molecule has 7 nitrogen and oxygen atoms in total. The van der Waals surface area contributed by atoms with Crippen LogP contribution in [0.25, 0.3) is 6.08 Å². The summed E-state index contributed by atoms with van der Waals surface area (Å²) in [6.07, 6.45) is 1.65. The zero-order valence-electron chi connectivity index (χ0n) is 18.9. The third-order valence-corrected chi connectivity index (χ3v) is 6.45. The summed E-state index contributed by atoms with van der Waals surface area (Å²) in [7, 11) is 3.90. The number of esters is 1. The summed E-state index contributed by atoms with van der Waals surface area (Å²) < 4.78 is 7.28. The number of hydrogen-bond donors (Lipinski definition) is 1. The Kier molecular flexibility index (Phi) is 6.20. The first-order chi connectivity index (χ1) is 15.8. The number of fused-ring (bicyclic) bond motifs is 1. The molecule has 0 radical (unpaired) electrons. The van der Waals surface area contributed by atoms with Crippen molar-refractivity contribution in [3.05, 3.63) is 90.6 Å². The van der Waals surface area contributed by atoms with Gasteiger partial charge in [0.25, 0.3) is 5.56 Å².